The van der Waals surface area contributed by atoms with Gasteiger partial charge in [-0.3, -0.25) is 0 Å². The van der Waals surface area contributed by atoms with Gasteiger partial charge in [-0.05, 0) is 0 Å². The molecular formula is C8H8FLiO2. The third kappa shape index (κ3) is 2.44. The molecular weight excluding hydrogens is 154 g/mol. The molecule has 0 atom stereocenters. The number of hydrogen-bond acceptors (Lipinski definition) is 2. The minimum atomic E-state index is -0.456. The maximum Gasteiger partial charge on any atom is 1.00 e. The number of ether oxygens (including phenoxy) is 2. The molecule has 0 aliphatic heterocycles. The van der Waals surface area contributed by atoms with Gasteiger partial charge in [0.25, 0.3) is 0 Å². The molecule has 0 amide bonds. The van der Waals surface area contributed by atoms with Crippen molar-refractivity contribution in [3.63, 3.8) is 0 Å². The zero-order chi connectivity index (χ0) is 8.27. The van der Waals surface area contributed by atoms with Crippen LogP contribution in [-0.2, 0) is 0 Å². The van der Waals surface area contributed by atoms with Crippen molar-refractivity contribution >= 4 is 0 Å². The number of rotatable bonds is 2. The molecule has 1 rings (SSSR count). The second kappa shape index (κ2) is 5.07. The second-order valence-corrected chi connectivity index (χ2v) is 1.91. The third-order valence-corrected chi connectivity index (χ3v) is 1.26. The van der Waals surface area contributed by atoms with Gasteiger partial charge in [0, 0.05) is 11.6 Å². The molecule has 12 heavy (non-hydrogen) atoms. The van der Waals surface area contributed by atoms with Crippen LogP contribution >= 0.6 is 0 Å². The van der Waals surface area contributed by atoms with Crippen molar-refractivity contribution in [2.45, 2.75) is 0 Å². The summed E-state index contributed by atoms with van der Waals surface area (Å²) in [6.45, 7) is 0. The van der Waals surface area contributed by atoms with Crippen molar-refractivity contribution < 1.29 is 32.7 Å². The smallest absolute Gasteiger partial charge is 0.551 e. The molecule has 0 spiro atoms. The Bertz CT molecular complexity index is 253. The van der Waals surface area contributed by atoms with Crippen LogP contribution in [0.2, 0.25) is 0 Å². The molecule has 0 aromatic heterocycles. The summed E-state index contributed by atoms with van der Waals surface area (Å²) in [5.74, 6) is 0.309. The van der Waals surface area contributed by atoms with Crippen LogP contribution in [0.4, 0.5) is 4.39 Å². The van der Waals surface area contributed by atoms with Gasteiger partial charge in [0.05, 0.1) is 20.0 Å². The molecule has 1 aromatic carbocycles. The summed E-state index contributed by atoms with van der Waals surface area (Å²) in [6.07, 6.45) is 0. The van der Waals surface area contributed by atoms with Gasteiger partial charge in [0.15, 0.2) is 0 Å². The molecule has 0 aliphatic carbocycles. The van der Waals surface area contributed by atoms with Crippen molar-refractivity contribution in [1.82, 2.24) is 0 Å². The normalized spacial score (nSPS) is 8.58. The molecule has 1 aromatic rings. The predicted molar refractivity (Wildman–Crippen MR) is 38.3 cm³/mol. The fourth-order valence-corrected chi connectivity index (χ4v) is 0.749. The Morgan fingerprint density at radius 3 is 2.42 bits per heavy atom. The Labute approximate surface area is 82.9 Å². The van der Waals surface area contributed by atoms with Crippen molar-refractivity contribution in [3.8, 4) is 11.5 Å². The molecule has 0 N–H and O–H groups in total. The van der Waals surface area contributed by atoms with E-state index >= 15 is 0 Å². The number of hydrogen-bond donors (Lipinski definition) is 0. The minimum Gasteiger partial charge on any atom is -0.551 e. The first-order valence-electron chi connectivity index (χ1n) is 3.07. The predicted octanol–water partition coefficient (Wildman–Crippen LogP) is -1.35. The SMILES string of the molecule is COc1[c-]c(F)ccc1OC.[Li+]. The number of benzene rings is 1. The van der Waals surface area contributed by atoms with Crippen molar-refractivity contribution in [2.24, 2.45) is 0 Å². The standard InChI is InChI=1S/C8H8FO2.Li/c1-10-7-4-3-6(9)5-8(7)11-2;/h3-4H,1-2H3;/q-1;+1. The Morgan fingerprint density at radius 2 is 1.92 bits per heavy atom. The van der Waals surface area contributed by atoms with E-state index in [-0.39, 0.29) is 24.6 Å². The van der Waals surface area contributed by atoms with Crippen LogP contribution in [0.5, 0.6) is 11.5 Å². The molecule has 0 fully saturated rings. The molecule has 0 bridgehead atoms. The van der Waals surface area contributed by atoms with Gasteiger partial charge in [0.1, 0.15) is 0 Å². The Kier molecular flexibility index (Phi) is 4.80. The second-order valence-electron chi connectivity index (χ2n) is 1.91. The molecule has 0 saturated carbocycles. The summed E-state index contributed by atoms with van der Waals surface area (Å²) in [5.41, 5.74) is 0. The Morgan fingerprint density at radius 1 is 1.25 bits per heavy atom. The van der Waals surface area contributed by atoms with Gasteiger partial charge in [-0.1, -0.05) is 6.07 Å². The fraction of sp³-hybridized carbons (Fsp3) is 0.250. The van der Waals surface area contributed by atoms with Gasteiger partial charge in [0.2, 0.25) is 0 Å². The zero-order valence-electron chi connectivity index (χ0n) is 7.35. The first kappa shape index (κ1) is 11.3. The van der Waals surface area contributed by atoms with Crippen LogP contribution in [0.3, 0.4) is 0 Å². The maximum absolute atomic E-state index is 12.5. The summed E-state index contributed by atoms with van der Waals surface area (Å²) in [5, 5.41) is 0. The molecule has 0 aliphatic rings. The van der Waals surface area contributed by atoms with Crippen molar-refractivity contribution in [2.75, 3.05) is 14.2 Å². The molecule has 0 heterocycles. The maximum atomic E-state index is 12.5. The average molecular weight is 162 g/mol. The van der Waals surface area contributed by atoms with Gasteiger partial charge >= 0.3 is 18.9 Å². The van der Waals surface area contributed by atoms with Gasteiger partial charge in [-0.25, -0.2) is 4.39 Å². The van der Waals surface area contributed by atoms with E-state index in [1.54, 1.807) is 0 Å². The van der Waals surface area contributed by atoms with E-state index in [0.29, 0.717) is 5.75 Å². The molecule has 0 unspecified atom stereocenters. The molecule has 2 nitrogen and oxygen atoms in total. The average Bonchev–Trinajstić information content (AvgIpc) is 2.04. The summed E-state index contributed by atoms with van der Waals surface area (Å²) < 4.78 is 22.1. The van der Waals surface area contributed by atoms with Crippen LogP contribution in [0.25, 0.3) is 0 Å². The van der Waals surface area contributed by atoms with Crippen LogP contribution in [0, 0.1) is 11.9 Å². The van der Waals surface area contributed by atoms with Crippen molar-refractivity contribution in [3.05, 3.63) is 24.0 Å². The number of methoxy groups -OCH3 is 2. The van der Waals surface area contributed by atoms with E-state index in [9.17, 15) is 4.39 Å². The quantitative estimate of drug-likeness (QED) is 0.395. The summed E-state index contributed by atoms with van der Waals surface area (Å²) in [7, 11) is 2.93. The van der Waals surface area contributed by atoms with Crippen LogP contribution in [-0.4, -0.2) is 14.2 Å². The number of halogens is 1. The minimum absolute atomic E-state index is 0. The molecule has 60 valence electrons. The van der Waals surface area contributed by atoms with Crippen LogP contribution < -0.4 is 28.3 Å². The van der Waals surface area contributed by atoms with Gasteiger partial charge < -0.3 is 9.47 Å². The molecule has 0 saturated heterocycles. The summed E-state index contributed by atoms with van der Waals surface area (Å²) >= 11 is 0. The monoisotopic (exact) mass is 162 g/mol. The Balaban J connectivity index is 0.00000121. The summed E-state index contributed by atoms with van der Waals surface area (Å²) in [4.78, 5) is 0. The van der Waals surface area contributed by atoms with Crippen LogP contribution in [0.15, 0.2) is 12.1 Å². The first-order chi connectivity index (χ1) is 5.27. The zero-order valence-corrected chi connectivity index (χ0v) is 7.35. The van der Waals surface area contributed by atoms with E-state index in [0.717, 1.165) is 0 Å². The third-order valence-electron chi connectivity index (χ3n) is 1.26. The first-order valence-corrected chi connectivity index (χ1v) is 3.07. The van der Waals surface area contributed by atoms with E-state index in [1.807, 2.05) is 0 Å². The molecule has 0 radical (unpaired) electrons. The van der Waals surface area contributed by atoms with Gasteiger partial charge in [-0.15, -0.1) is 12.1 Å². The van der Waals surface area contributed by atoms with E-state index in [4.69, 9.17) is 9.47 Å². The fourth-order valence-electron chi connectivity index (χ4n) is 0.749. The van der Waals surface area contributed by atoms with Crippen LogP contribution in [0.1, 0.15) is 0 Å². The van der Waals surface area contributed by atoms with Crippen molar-refractivity contribution in [1.29, 1.82) is 0 Å². The van der Waals surface area contributed by atoms with E-state index in [2.05, 4.69) is 6.07 Å². The summed E-state index contributed by atoms with van der Waals surface area (Å²) in [6, 6.07) is 5.12. The Hall–Kier alpha value is -0.653. The van der Waals surface area contributed by atoms with Gasteiger partial charge in [-0.2, -0.15) is 0 Å². The van der Waals surface area contributed by atoms with E-state index < -0.39 is 5.82 Å². The topological polar surface area (TPSA) is 18.5 Å². The largest absolute Gasteiger partial charge is 1.00 e. The van der Waals surface area contributed by atoms with E-state index in [1.165, 1.54) is 26.4 Å². The molecule has 4 heteroatoms.